The van der Waals surface area contributed by atoms with Gasteiger partial charge in [-0.3, -0.25) is 0 Å². The number of aromatic nitrogens is 1. The zero-order valence-corrected chi connectivity index (χ0v) is 10.1. The summed E-state index contributed by atoms with van der Waals surface area (Å²) in [5.41, 5.74) is -0.410. The highest BCUT2D eigenvalue weighted by Gasteiger charge is 2.37. The lowest BCUT2D eigenvalue weighted by molar-refractivity contribution is -0.0601. The zero-order valence-electron chi connectivity index (χ0n) is 10.1. The van der Waals surface area contributed by atoms with E-state index < -0.39 is 11.8 Å². The maximum Gasteiger partial charge on any atom is 0.339 e. The summed E-state index contributed by atoms with van der Waals surface area (Å²) in [6.45, 7) is 0.475. The number of carbonyl (C=O) groups is 1. The number of hydrogen-bond donors (Lipinski definition) is 2. The molecule has 1 aromatic rings. The third kappa shape index (κ3) is 2.43. The number of ether oxygens (including phenoxy) is 1. The third-order valence-electron chi connectivity index (χ3n) is 3.36. The minimum Gasteiger partial charge on any atom is -0.478 e. The van der Waals surface area contributed by atoms with E-state index in [1.165, 1.54) is 0 Å². The Morgan fingerprint density at radius 1 is 1.67 bits per heavy atom. The summed E-state index contributed by atoms with van der Waals surface area (Å²) < 4.78 is 18.4. The Morgan fingerprint density at radius 2 is 2.39 bits per heavy atom. The molecule has 2 N–H and O–H groups in total. The van der Waals surface area contributed by atoms with Crippen LogP contribution in [0.4, 0.5) is 10.2 Å². The molecule has 1 heterocycles. The minimum atomic E-state index is -1.20. The maximum atomic E-state index is 12.9. The van der Waals surface area contributed by atoms with Gasteiger partial charge in [0.15, 0.2) is 0 Å². The quantitative estimate of drug-likeness (QED) is 0.839. The molecule has 0 radical (unpaired) electrons. The number of anilines is 1. The topological polar surface area (TPSA) is 71.5 Å². The molecule has 0 amide bonds. The number of nitrogens with zero attached hydrogens (tertiary/aromatic N) is 1. The Kier molecular flexibility index (Phi) is 3.47. The van der Waals surface area contributed by atoms with Gasteiger partial charge < -0.3 is 15.2 Å². The van der Waals surface area contributed by atoms with Crippen molar-refractivity contribution in [2.24, 2.45) is 0 Å². The van der Waals surface area contributed by atoms with Crippen molar-refractivity contribution < 1.29 is 19.0 Å². The van der Waals surface area contributed by atoms with Gasteiger partial charge in [-0.2, -0.15) is 0 Å². The predicted molar refractivity (Wildman–Crippen MR) is 63.2 cm³/mol. The monoisotopic (exact) mass is 254 g/mol. The second kappa shape index (κ2) is 4.89. The number of hydrogen-bond acceptors (Lipinski definition) is 4. The molecule has 0 saturated heterocycles. The van der Waals surface area contributed by atoms with E-state index in [-0.39, 0.29) is 17.0 Å². The molecule has 1 aliphatic rings. The highest BCUT2D eigenvalue weighted by molar-refractivity contribution is 5.93. The third-order valence-corrected chi connectivity index (χ3v) is 3.36. The molecule has 18 heavy (non-hydrogen) atoms. The van der Waals surface area contributed by atoms with Crippen LogP contribution in [0, 0.1) is 5.82 Å². The van der Waals surface area contributed by atoms with Crippen LogP contribution in [0.3, 0.4) is 0 Å². The molecule has 0 bridgehead atoms. The molecule has 1 saturated carbocycles. The van der Waals surface area contributed by atoms with Crippen LogP contribution >= 0.6 is 0 Å². The number of rotatable bonds is 5. The van der Waals surface area contributed by atoms with Crippen molar-refractivity contribution >= 4 is 11.8 Å². The first-order chi connectivity index (χ1) is 8.56. The zero-order chi connectivity index (χ0) is 13.2. The van der Waals surface area contributed by atoms with Gasteiger partial charge in [0.1, 0.15) is 17.2 Å². The van der Waals surface area contributed by atoms with E-state index in [2.05, 4.69) is 10.3 Å². The molecular formula is C12H15FN2O3. The van der Waals surface area contributed by atoms with Crippen LogP contribution < -0.4 is 5.32 Å². The van der Waals surface area contributed by atoms with E-state index in [1.807, 2.05) is 0 Å². The fraction of sp³-hybridized carbons (Fsp3) is 0.500. The van der Waals surface area contributed by atoms with Crippen molar-refractivity contribution in [3.8, 4) is 0 Å². The lowest BCUT2D eigenvalue weighted by Gasteiger charge is -2.40. The standard InChI is InChI=1S/C12H15FN2O3/c1-18-12(3-2-4-12)7-15-10-9(11(16)17)5-8(13)6-14-10/h5-6H,2-4,7H2,1H3,(H,14,15)(H,16,17). The Labute approximate surface area is 104 Å². The van der Waals surface area contributed by atoms with Gasteiger partial charge >= 0.3 is 5.97 Å². The summed E-state index contributed by atoms with van der Waals surface area (Å²) in [6, 6.07) is 0.956. The Bertz CT molecular complexity index is 455. The molecule has 6 heteroatoms. The Hall–Kier alpha value is -1.69. The summed E-state index contributed by atoms with van der Waals surface area (Å²) in [5, 5.41) is 11.9. The maximum absolute atomic E-state index is 12.9. The molecule has 0 aromatic carbocycles. The summed E-state index contributed by atoms with van der Waals surface area (Å²) in [5.74, 6) is -1.69. The lowest BCUT2D eigenvalue weighted by Crippen LogP contribution is -2.45. The number of nitrogens with one attached hydrogen (secondary N) is 1. The first-order valence-corrected chi connectivity index (χ1v) is 5.74. The fourth-order valence-corrected chi connectivity index (χ4v) is 2.01. The van der Waals surface area contributed by atoms with Gasteiger partial charge in [0.05, 0.1) is 11.8 Å². The van der Waals surface area contributed by atoms with Gasteiger partial charge in [-0.05, 0) is 25.3 Å². The van der Waals surface area contributed by atoms with Gasteiger partial charge in [-0.25, -0.2) is 14.2 Å². The smallest absolute Gasteiger partial charge is 0.339 e. The molecule has 98 valence electrons. The molecule has 1 aromatic heterocycles. The molecule has 0 aliphatic heterocycles. The van der Waals surface area contributed by atoms with Crippen LogP contribution in [0.15, 0.2) is 12.3 Å². The van der Waals surface area contributed by atoms with Gasteiger partial charge in [0, 0.05) is 13.7 Å². The molecular weight excluding hydrogens is 239 g/mol. The van der Waals surface area contributed by atoms with Crippen molar-refractivity contribution in [3.63, 3.8) is 0 Å². The van der Waals surface area contributed by atoms with Crippen LogP contribution in [-0.4, -0.2) is 35.3 Å². The molecule has 1 aliphatic carbocycles. The van der Waals surface area contributed by atoms with Crippen molar-refractivity contribution in [2.75, 3.05) is 19.0 Å². The molecule has 0 spiro atoms. The number of pyridine rings is 1. The number of carboxylic acid groups (broad SMARTS) is 1. The first kappa shape index (κ1) is 12.8. The van der Waals surface area contributed by atoms with Crippen molar-refractivity contribution in [3.05, 3.63) is 23.6 Å². The van der Waals surface area contributed by atoms with Crippen molar-refractivity contribution in [1.29, 1.82) is 0 Å². The number of halogens is 1. The predicted octanol–water partition coefficient (Wildman–Crippen LogP) is 1.90. The largest absolute Gasteiger partial charge is 0.478 e. The summed E-state index contributed by atoms with van der Waals surface area (Å²) in [4.78, 5) is 14.7. The summed E-state index contributed by atoms with van der Waals surface area (Å²) >= 11 is 0. The molecule has 1 fully saturated rings. The lowest BCUT2D eigenvalue weighted by atomic mass is 9.80. The average molecular weight is 254 g/mol. The van der Waals surface area contributed by atoms with Gasteiger partial charge in [0.25, 0.3) is 0 Å². The van der Waals surface area contributed by atoms with Crippen LogP contribution in [-0.2, 0) is 4.74 Å². The number of carboxylic acids is 1. The molecule has 5 nitrogen and oxygen atoms in total. The minimum absolute atomic E-state index is 0.166. The average Bonchev–Trinajstić information content (AvgIpc) is 2.29. The SMILES string of the molecule is COC1(CNc2ncc(F)cc2C(=O)O)CCC1. The van der Waals surface area contributed by atoms with E-state index in [4.69, 9.17) is 9.84 Å². The molecule has 2 rings (SSSR count). The normalized spacial score (nSPS) is 17.0. The van der Waals surface area contributed by atoms with E-state index >= 15 is 0 Å². The second-order valence-corrected chi connectivity index (χ2v) is 4.45. The van der Waals surface area contributed by atoms with Gasteiger partial charge in [-0.15, -0.1) is 0 Å². The first-order valence-electron chi connectivity index (χ1n) is 5.74. The molecule has 0 atom stereocenters. The van der Waals surface area contributed by atoms with Crippen LogP contribution in [0.25, 0.3) is 0 Å². The van der Waals surface area contributed by atoms with Crippen LogP contribution in [0.1, 0.15) is 29.6 Å². The van der Waals surface area contributed by atoms with Crippen LogP contribution in [0.2, 0.25) is 0 Å². The summed E-state index contributed by atoms with van der Waals surface area (Å²) in [6.07, 6.45) is 3.95. The van der Waals surface area contributed by atoms with E-state index in [0.717, 1.165) is 31.5 Å². The second-order valence-electron chi connectivity index (χ2n) is 4.45. The van der Waals surface area contributed by atoms with E-state index in [9.17, 15) is 9.18 Å². The Balaban J connectivity index is 2.11. The van der Waals surface area contributed by atoms with Gasteiger partial charge in [-0.1, -0.05) is 0 Å². The Morgan fingerprint density at radius 3 is 2.89 bits per heavy atom. The van der Waals surface area contributed by atoms with E-state index in [0.29, 0.717) is 6.54 Å². The molecule has 0 unspecified atom stereocenters. The van der Waals surface area contributed by atoms with Crippen molar-refractivity contribution in [1.82, 2.24) is 4.98 Å². The van der Waals surface area contributed by atoms with Gasteiger partial charge in [0.2, 0.25) is 0 Å². The van der Waals surface area contributed by atoms with Crippen LogP contribution in [0.5, 0.6) is 0 Å². The number of methoxy groups -OCH3 is 1. The number of aromatic carboxylic acids is 1. The summed E-state index contributed by atoms with van der Waals surface area (Å²) in [7, 11) is 1.64. The highest BCUT2D eigenvalue weighted by Crippen LogP contribution is 2.35. The van der Waals surface area contributed by atoms with Crippen molar-refractivity contribution in [2.45, 2.75) is 24.9 Å². The van der Waals surface area contributed by atoms with E-state index in [1.54, 1.807) is 7.11 Å². The highest BCUT2D eigenvalue weighted by atomic mass is 19.1. The fourth-order valence-electron chi connectivity index (χ4n) is 2.01.